The number of rotatable bonds is 6. The van der Waals surface area contributed by atoms with Crippen LogP contribution in [0.25, 0.3) is 0 Å². The quantitative estimate of drug-likeness (QED) is 0.696. The second kappa shape index (κ2) is 7.64. The lowest BCUT2D eigenvalue weighted by atomic mass is 9.87. The smallest absolute Gasteiger partial charge is 0.133 e. The largest absolute Gasteiger partial charge is 0.302 e. The first-order valence-electron chi connectivity index (χ1n) is 7.69. The minimum atomic E-state index is 0.0182. The molecule has 0 spiro atoms. The number of benzene rings is 2. The molecule has 22 heavy (non-hydrogen) atoms. The summed E-state index contributed by atoms with van der Waals surface area (Å²) in [6, 6.07) is 19.0. The summed E-state index contributed by atoms with van der Waals surface area (Å²) in [4.78, 5) is 11.3. The lowest BCUT2D eigenvalue weighted by Gasteiger charge is -2.19. The van der Waals surface area contributed by atoms with Crippen LogP contribution < -0.4 is 0 Å². The van der Waals surface area contributed by atoms with E-state index in [1.807, 2.05) is 18.2 Å². The van der Waals surface area contributed by atoms with Gasteiger partial charge < -0.3 is 4.79 Å². The second-order valence-corrected chi connectivity index (χ2v) is 7.85. The van der Waals surface area contributed by atoms with Gasteiger partial charge in [-0.15, -0.1) is 11.8 Å². The highest BCUT2D eigenvalue weighted by Gasteiger charge is 2.13. The van der Waals surface area contributed by atoms with E-state index in [-0.39, 0.29) is 10.7 Å². The van der Waals surface area contributed by atoms with Gasteiger partial charge in [0.05, 0.1) is 5.25 Å². The molecule has 0 aliphatic rings. The van der Waals surface area contributed by atoms with Gasteiger partial charge in [-0.1, -0.05) is 75.4 Å². The predicted octanol–water partition coefficient (Wildman–Crippen LogP) is 5.03. The van der Waals surface area contributed by atoms with Gasteiger partial charge in [-0.2, -0.15) is 0 Å². The lowest BCUT2D eigenvalue weighted by Crippen LogP contribution is -2.11. The van der Waals surface area contributed by atoms with Gasteiger partial charge in [0.1, 0.15) is 6.29 Å². The predicted molar refractivity (Wildman–Crippen MR) is 96.4 cm³/mol. The van der Waals surface area contributed by atoms with E-state index in [1.165, 1.54) is 16.7 Å². The van der Waals surface area contributed by atoms with Crippen LogP contribution in [-0.4, -0.2) is 11.5 Å². The summed E-state index contributed by atoms with van der Waals surface area (Å²) in [5, 5.41) is 0.0182. The van der Waals surface area contributed by atoms with Gasteiger partial charge in [0.15, 0.2) is 0 Å². The first kappa shape index (κ1) is 16.8. The van der Waals surface area contributed by atoms with Crippen molar-refractivity contribution in [1.82, 2.24) is 0 Å². The molecule has 0 radical (unpaired) electrons. The molecule has 0 fully saturated rings. The maximum Gasteiger partial charge on any atom is 0.133 e. The Morgan fingerprint density at radius 1 is 0.955 bits per heavy atom. The summed E-state index contributed by atoms with van der Waals surface area (Å²) in [6.07, 6.45) is 1.87. The zero-order chi connectivity index (χ0) is 16.0. The van der Waals surface area contributed by atoms with Crippen LogP contribution in [0.3, 0.4) is 0 Å². The minimum absolute atomic E-state index is 0.0182. The molecule has 2 aromatic carbocycles. The van der Waals surface area contributed by atoms with Crippen LogP contribution in [0, 0.1) is 0 Å². The highest BCUT2D eigenvalue weighted by atomic mass is 32.2. The highest BCUT2D eigenvalue weighted by molar-refractivity contribution is 7.99. The van der Waals surface area contributed by atoms with Crippen molar-refractivity contribution in [1.29, 1.82) is 0 Å². The van der Waals surface area contributed by atoms with Crippen LogP contribution in [0.5, 0.6) is 0 Å². The number of hydrogen-bond acceptors (Lipinski definition) is 2. The van der Waals surface area contributed by atoms with Crippen LogP contribution in [0.1, 0.15) is 37.5 Å². The molecule has 0 N–H and O–H groups in total. The van der Waals surface area contributed by atoms with Gasteiger partial charge in [0, 0.05) is 5.75 Å². The van der Waals surface area contributed by atoms with Gasteiger partial charge in [0.25, 0.3) is 0 Å². The Labute approximate surface area is 138 Å². The van der Waals surface area contributed by atoms with Gasteiger partial charge in [-0.3, -0.25) is 0 Å². The summed E-state index contributed by atoms with van der Waals surface area (Å²) in [5.41, 5.74) is 4.02. The number of carbonyl (C=O) groups is 1. The minimum Gasteiger partial charge on any atom is -0.302 e. The van der Waals surface area contributed by atoms with Crippen molar-refractivity contribution in [2.24, 2.45) is 0 Å². The topological polar surface area (TPSA) is 17.1 Å². The van der Waals surface area contributed by atoms with Gasteiger partial charge in [-0.25, -0.2) is 0 Å². The van der Waals surface area contributed by atoms with Crippen molar-refractivity contribution in [2.45, 2.75) is 43.6 Å². The van der Waals surface area contributed by atoms with Crippen molar-refractivity contribution in [3.8, 4) is 0 Å². The van der Waals surface area contributed by atoms with Crippen LogP contribution in [-0.2, 0) is 22.4 Å². The fourth-order valence-corrected chi connectivity index (χ4v) is 3.28. The molecular weight excluding hydrogens is 288 g/mol. The molecule has 0 saturated carbocycles. The number of thioether (sulfide) groups is 1. The molecule has 0 bridgehead atoms. The van der Waals surface area contributed by atoms with E-state index < -0.39 is 0 Å². The van der Waals surface area contributed by atoms with E-state index in [9.17, 15) is 4.79 Å². The molecule has 1 unspecified atom stereocenters. The molecule has 0 amide bonds. The first-order valence-corrected chi connectivity index (χ1v) is 8.74. The Balaban J connectivity index is 1.92. The standard InChI is InChI=1S/C20H24OS/c1-20(2,3)18-11-9-17(10-12-18)15-22-19(14-21)13-16-7-5-4-6-8-16/h4-12,14,19H,13,15H2,1-3H3. The summed E-state index contributed by atoms with van der Waals surface area (Å²) in [7, 11) is 0. The molecule has 1 nitrogen and oxygen atoms in total. The fraction of sp³-hybridized carbons (Fsp3) is 0.350. The van der Waals surface area contributed by atoms with Crippen molar-refractivity contribution in [3.05, 3.63) is 71.3 Å². The molecule has 0 aliphatic carbocycles. The maximum absolute atomic E-state index is 11.3. The van der Waals surface area contributed by atoms with Crippen LogP contribution in [0.2, 0.25) is 0 Å². The Morgan fingerprint density at radius 3 is 2.14 bits per heavy atom. The molecule has 0 aromatic heterocycles. The molecule has 116 valence electrons. The molecular formula is C20H24OS. The summed E-state index contributed by atoms with van der Waals surface area (Å²) >= 11 is 1.71. The number of hydrogen-bond donors (Lipinski definition) is 0. The fourth-order valence-electron chi connectivity index (χ4n) is 2.30. The van der Waals surface area contributed by atoms with E-state index in [0.717, 1.165) is 18.5 Å². The number of carbonyl (C=O) groups excluding carboxylic acids is 1. The van der Waals surface area contributed by atoms with Gasteiger partial charge >= 0.3 is 0 Å². The van der Waals surface area contributed by atoms with Crippen molar-refractivity contribution >= 4 is 18.0 Å². The van der Waals surface area contributed by atoms with E-state index in [0.29, 0.717) is 0 Å². The van der Waals surface area contributed by atoms with E-state index in [4.69, 9.17) is 0 Å². The highest BCUT2D eigenvalue weighted by Crippen LogP contribution is 2.25. The van der Waals surface area contributed by atoms with Crippen LogP contribution >= 0.6 is 11.8 Å². The third kappa shape index (κ3) is 5.03. The SMILES string of the molecule is CC(C)(C)c1ccc(CSC(C=O)Cc2ccccc2)cc1. The summed E-state index contributed by atoms with van der Waals surface area (Å²) in [5.74, 6) is 0.876. The van der Waals surface area contributed by atoms with E-state index in [2.05, 4.69) is 57.2 Å². The maximum atomic E-state index is 11.3. The number of aldehydes is 1. The summed E-state index contributed by atoms with van der Waals surface area (Å²) in [6.45, 7) is 6.66. The average Bonchev–Trinajstić information content (AvgIpc) is 2.52. The van der Waals surface area contributed by atoms with E-state index >= 15 is 0 Å². The normalized spacial score (nSPS) is 12.9. The molecule has 0 heterocycles. The molecule has 2 aromatic rings. The van der Waals surface area contributed by atoms with Crippen molar-refractivity contribution < 1.29 is 4.79 Å². The zero-order valence-electron chi connectivity index (χ0n) is 13.6. The Bertz CT molecular complexity index is 581. The van der Waals surface area contributed by atoms with Crippen LogP contribution in [0.15, 0.2) is 54.6 Å². The van der Waals surface area contributed by atoms with E-state index in [1.54, 1.807) is 11.8 Å². The monoisotopic (exact) mass is 312 g/mol. The lowest BCUT2D eigenvalue weighted by molar-refractivity contribution is -0.107. The first-order chi connectivity index (χ1) is 10.5. The second-order valence-electron chi connectivity index (χ2n) is 6.62. The zero-order valence-corrected chi connectivity index (χ0v) is 14.4. The Hall–Kier alpha value is -1.54. The molecule has 2 heteroatoms. The van der Waals surface area contributed by atoms with Gasteiger partial charge in [0.2, 0.25) is 0 Å². The van der Waals surface area contributed by atoms with Crippen LogP contribution in [0.4, 0.5) is 0 Å². The third-order valence-electron chi connectivity index (χ3n) is 3.72. The molecule has 0 saturated heterocycles. The molecule has 1 atom stereocenters. The molecule has 0 aliphatic heterocycles. The molecule has 2 rings (SSSR count). The summed E-state index contributed by atoms with van der Waals surface area (Å²) < 4.78 is 0. The third-order valence-corrected chi connectivity index (χ3v) is 4.92. The van der Waals surface area contributed by atoms with Gasteiger partial charge in [-0.05, 0) is 28.5 Å². The van der Waals surface area contributed by atoms with Crippen molar-refractivity contribution in [3.63, 3.8) is 0 Å². The Morgan fingerprint density at radius 2 is 1.59 bits per heavy atom. The van der Waals surface area contributed by atoms with Crippen molar-refractivity contribution in [2.75, 3.05) is 0 Å². The average molecular weight is 312 g/mol. The Kier molecular flexibility index (Phi) is 5.84.